The van der Waals surface area contributed by atoms with Gasteiger partial charge >= 0.3 is 0 Å². The van der Waals surface area contributed by atoms with Gasteiger partial charge in [-0.2, -0.15) is 0 Å². The molecule has 1 unspecified atom stereocenters. The number of unbranched alkanes of at least 4 members (excludes halogenated alkanes) is 1. The van der Waals surface area contributed by atoms with Crippen LogP contribution < -0.4 is 0 Å². The number of hydrogen-bond donors (Lipinski definition) is 0. The van der Waals surface area contributed by atoms with Gasteiger partial charge in [0.15, 0.2) is 0 Å². The third-order valence-electron chi connectivity index (χ3n) is 1.20. The molecular weight excluding hydrogens is 112 g/mol. The average molecular weight is 128 g/mol. The zero-order chi connectivity index (χ0) is 7.11. The lowest BCUT2D eigenvalue weighted by Crippen LogP contribution is -2.07. The molecule has 0 aromatic heterocycles. The highest BCUT2D eigenvalue weighted by molar-refractivity contribution is 4.73. The van der Waals surface area contributed by atoms with E-state index in [2.05, 4.69) is 13.8 Å². The molecule has 54 valence electrons. The first-order chi connectivity index (χ1) is 4.31. The fourth-order valence-electron chi connectivity index (χ4n) is 0.475. The predicted molar refractivity (Wildman–Crippen MR) is 40.0 cm³/mol. The molecule has 0 saturated carbocycles. The predicted octanol–water partition coefficient (Wildman–Crippen LogP) is 2.23. The molecule has 1 heteroatoms. The highest BCUT2D eigenvalue weighted by Crippen LogP contribution is 1.96. The molecule has 1 nitrogen and oxygen atoms in total. The lowest BCUT2D eigenvalue weighted by molar-refractivity contribution is 0.101. The zero-order valence-corrected chi connectivity index (χ0v) is 6.39. The average Bonchev–Trinajstić information content (AvgIpc) is 1.89. The molecule has 2 radical (unpaired) electrons. The van der Waals surface area contributed by atoms with Crippen molar-refractivity contribution >= 4 is 0 Å². The van der Waals surface area contributed by atoms with Gasteiger partial charge in [0.1, 0.15) is 0 Å². The van der Waals surface area contributed by atoms with Crippen molar-refractivity contribution in [1.29, 1.82) is 0 Å². The van der Waals surface area contributed by atoms with E-state index < -0.39 is 0 Å². The van der Waals surface area contributed by atoms with Gasteiger partial charge in [-0.3, -0.25) is 0 Å². The quantitative estimate of drug-likeness (QED) is 0.516. The Morgan fingerprint density at radius 3 is 2.78 bits per heavy atom. The second-order valence-electron chi connectivity index (χ2n) is 2.10. The summed E-state index contributed by atoms with van der Waals surface area (Å²) in [4.78, 5) is 0. The molecular formula is C8H16O. The molecule has 0 aliphatic carbocycles. The minimum absolute atomic E-state index is 0.0801. The third kappa shape index (κ3) is 5.84. The van der Waals surface area contributed by atoms with Crippen LogP contribution in [0.4, 0.5) is 0 Å². The Morgan fingerprint density at radius 2 is 2.33 bits per heavy atom. The Labute approximate surface area is 58.4 Å². The van der Waals surface area contributed by atoms with E-state index in [1.807, 2.05) is 13.3 Å². The molecule has 0 N–H and O–H groups in total. The first-order valence-corrected chi connectivity index (χ1v) is 3.55. The first kappa shape index (κ1) is 8.96. The number of hydrogen-bond acceptors (Lipinski definition) is 1. The van der Waals surface area contributed by atoms with Crippen molar-refractivity contribution in [3.63, 3.8) is 0 Å². The van der Waals surface area contributed by atoms with E-state index in [1.54, 1.807) is 0 Å². The van der Waals surface area contributed by atoms with E-state index in [9.17, 15) is 0 Å². The van der Waals surface area contributed by atoms with Gasteiger partial charge in [-0.15, -0.1) is 0 Å². The standard InChI is InChI=1S/C8H16O/c1-4-6-7-9-8(3)5-2/h5,8H,3-4,6-7H2,1-2H3. The molecule has 9 heavy (non-hydrogen) atoms. The van der Waals surface area contributed by atoms with E-state index in [1.165, 1.54) is 6.42 Å². The van der Waals surface area contributed by atoms with Crippen molar-refractivity contribution in [2.75, 3.05) is 6.61 Å². The monoisotopic (exact) mass is 128 g/mol. The normalized spacial score (nSPS) is 13.7. The summed E-state index contributed by atoms with van der Waals surface area (Å²) in [6, 6.07) is 0. The van der Waals surface area contributed by atoms with Gasteiger partial charge < -0.3 is 4.74 Å². The fraction of sp³-hybridized carbons (Fsp3) is 0.750. The molecule has 0 aromatic rings. The third-order valence-corrected chi connectivity index (χ3v) is 1.20. The minimum atomic E-state index is 0.0801. The fourth-order valence-corrected chi connectivity index (χ4v) is 0.475. The topological polar surface area (TPSA) is 9.23 Å². The van der Waals surface area contributed by atoms with E-state index in [4.69, 9.17) is 4.74 Å². The zero-order valence-electron chi connectivity index (χ0n) is 6.39. The molecule has 0 bridgehead atoms. The molecule has 0 aromatic carbocycles. The van der Waals surface area contributed by atoms with Crippen LogP contribution in [-0.4, -0.2) is 12.7 Å². The van der Waals surface area contributed by atoms with Gasteiger partial charge in [-0.1, -0.05) is 20.3 Å². The molecule has 1 atom stereocenters. The van der Waals surface area contributed by atoms with Crippen LogP contribution in [0.2, 0.25) is 0 Å². The number of ether oxygens (including phenoxy) is 1. The molecule has 0 saturated heterocycles. The largest absolute Gasteiger partial charge is 0.378 e. The van der Waals surface area contributed by atoms with Crippen LogP contribution in [0.3, 0.4) is 0 Å². The maximum Gasteiger partial charge on any atom is 0.0605 e. The van der Waals surface area contributed by atoms with Gasteiger partial charge in [0, 0.05) is 6.61 Å². The summed E-state index contributed by atoms with van der Waals surface area (Å²) in [5.74, 6) is 0. The van der Waals surface area contributed by atoms with Gasteiger partial charge in [0.25, 0.3) is 0 Å². The first-order valence-electron chi connectivity index (χ1n) is 3.55. The Balaban J connectivity index is 2.88. The molecule has 0 spiro atoms. The smallest absolute Gasteiger partial charge is 0.0605 e. The second kappa shape index (κ2) is 6.09. The maximum atomic E-state index is 5.26. The highest BCUT2D eigenvalue weighted by Gasteiger charge is 1.95. The van der Waals surface area contributed by atoms with Crippen LogP contribution in [0.25, 0.3) is 0 Å². The maximum absolute atomic E-state index is 5.26. The van der Waals surface area contributed by atoms with Gasteiger partial charge in [-0.05, 0) is 19.8 Å². The summed E-state index contributed by atoms with van der Waals surface area (Å²) in [6.07, 6.45) is 4.36. The van der Waals surface area contributed by atoms with Gasteiger partial charge in [-0.25, -0.2) is 0 Å². The van der Waals surface area contributed by atoms with E-state index in [-0.39, 0.29) is 6.10 Å². The van der Waals surface area contributed by atoms with Gasteiger partial charge in [0.05, 0.1) is 6.10 Å². The van der Waals surface area contributed by atoms with Crippen LogP contribution in [0.15, 0.2) is 0 Å². The molecule has 0 aliphatic heterocycles. The highest BCUT2D eigenvalue weighted by atomic mass is 16.5. The van der Waals surface area contributed by atoms with Crippen molar-refractivity contribution < 1.29 is 4.74 Å². The SMILES string of the molecule is [CH2]C([CH]C)OCCCC. The Bertz CT molecular complexity index is 52.5. The minimum Gasteiger partial charge on any atom is -0.378 e. The summed E-state index contributed by atoms with van der Waals surface area (Å²) in [5, 5.41) is 0. The molecule has 0 amide bonds. The van der Waals surface area contributed by atoms with Gasteiger partial charge in [0.2, 0.25) is 0 Å². The molecule has 0 heterocycles. The Morgan fingerprint density at radius 1 is 1.67 bits per heavy atom. The van der Waals surface area contributed by atoms with Crippen LogP contribution in [0, 0.1) is 13.3 Å². The van der Waals surface area contributed by atoms with E-state index in [0.717, 1.165) is 13.0 Å². The molecule has 0 fully saturated rings. The Hall–Kier alpha value is -0.0400. The molecule has 0 rings (SSSR count). The Kier molecular flexibility index (Phi) is 6.06. The number of rotatable bonds is 5. The van der Waals surface area contributed by atoms with Crippen LogP contribution >= 0.6 is 0 Å². The van der Waals surface area contributed by atoms with E-state index in [0.29, 0.717) is 0 Å². The lowest BCUT2D eigenvalue weighted by atomic mass is 10.3. The molecule has 0 aliphatic rings. The summed E-state index contributed by atoms with van der Waals surface area (Å²) >= 11 is 0. The van der Waals surface area contributed by atoms with Crippen LogP contribution in [0.5, 0.6) is 0 Å². The van der Waals surface area contributed by atoms with Crippen LogP contribution in [0.1, 0.15) is 26.7 Å². The van der Waals surface area contributed by atoms with Crippen molar-refractivity contribution in [2.24, 2.45) is 0 Å². The van der Waals surface area contributed by atoms with Crippen LogP contribution in [-0.2, 0) is 4.74 Å². The lowest BCUT2D eigenvalue weighted by Gasteiger charge is -2.08. The van der Waals surface area contributed by atoms with E-state index >= 15 is 0 Å². The second-order valence-corrected chi connectivity index (χ2v) is 2.10. The summed E-state index contributed by atoms with van der Waals surface area (Å²) in [7, 11) is 0. The summed E-state index contributed by atoms with van der Waals surface area (Å²) in [5.41, 5.74) is 0. The van der Waals surface area contributed by atoms with Crippen molar-refractivity contribution in [1.82, 2.24) is 0 Å². The van der Waals surface area contributed by atoms with Crippen molar-refractivity contribution in [3.8, 4) is 0 Å². The summed E-state index contributed by atoms with van der Waals surface area (Å²) < 4.78 is 5.26. The van der Waals surface area contributed by atoms with Crippen molar-refractivity contribution in [2.45, 2.75) is 32.8 Å². The summed E-state index contributed by atoms with van der Waals surface area (Å²) in [6.45, 7) is 8.70. The van der Waals surface area contributed by atoms with Crippen molar-refractivity contribution in [3.05, 3.63) is 13.3 Å².